The van der Waals surface area contributed by atoms with E-state index in [0.717, 1.165) is 61.1 Å². The van der Waals surface area contributed by atoms with Crippen LogP contribution in [0.2, 0.25) is 0 Å². The molecule has 2 aromatic carbocycles. The molecule has 0 unspecified atom stereocenters. The summed E-state index contributed by atoms with van der Waals surface area (Å²) < 4.78 is 12.3. The molecule has 0 aliphatic carbocycles. The minimum atomic E-state index is -0.0691. The van der Waals surface area contributed by atoms with Gasteiger partial charge in [0.15, 0.2) is 13.1 Å². The van der Waals surface area contributed by atoms with Crippen molar-refractivity contribution < 1.29 is 52.8 Å². The lowest BCUT2D eigenvalue weighted by Gasteiger charge is -2.40. The summed E-state index contributed by atoms with van der Waals surface area (Å²) >= 11 is 0. The van der Waals surface area contributed by atoms with Gasteiger partial charge in [-0.15, -0.1) is 0 Å². The Kier molecular flexibility index (Phi) is 18.0. The van der Waals surface area contributed by atoms with Gasteiger partial charge in [-0.3, -0.25) is 0 Å². The van der Waals surface area contributed by atoms with E-state index in [9.17, 15) is 9.59 Å². The van der Waals surface area contributed by atoms with Crippen LogP contribution in [0, 0.1) is 0 Å². The highest BCUT2D eigenvalue weighted by atomic mass is 35.5. The normalized spacial score (nSPS) is 17.4. The summed E-state index contributed by atoms with van der Waals surface area (Å²) in [6.07, 6.45) is 13.8. The van der Waals surface area contributed by atoms with Gasteiger partial charge in [0, 0.05) is 0 Å². The Balaban J connectivity index is 0.00000400. The number of carbonyl (C=O) groups is 2. The van der Waals surface area contributed by atoms with Crippen LogP contribution in [-0.4, -0.2) is 86.5 Å². The van der Waals surface area contributed by atoms with Gasteiger partial charge in [-0.2, -0.15) is 0 Å². The Bertz CT molecular complexity index is 1220. The number of likely N-dealkylation sites (tertiary alicyclic amines) is 2. The van der Waals surface area contributed by atoms with Crippen molar-refractivity contribution in [2.75, 3.05) is 65.6 Å². The number of piperidine rings is 2. The number of nitrogens with zero attached hydrogens (tertiary/aromatic N) is 2. The fourth-order valence-corrected chi connectivity index (χ4v) is 7.25. The van der Waals surface area contributed by atoms with Gasteiger partial charge < -0.3 is 43.3 Å². The first-order valence-electron chi connectivity index (χ1n) is 17.7. The number of carbonyl (C=O) groups excluding carboxylic acids is 2. The predicted molar refractivity (Wildman–Crippen MR) is 187 cm³/mol. The second-order valence-corrected chi connectivity index (χ2v) is 13.8. The first-order chi connectivity index (χ1) is 22.2. The lowest BCUT2D eigenvalue weighted by atomic mass is 9.98. The molecule has 0 saturated carbocycles. The molecule has 0 spiro atoms. The Morgan fingerprint density at radius 3 is 1.23 bits per heavy atom. The Morgan fingerprint density at radius 1 is 0.583 bits per heavy atom. The lowest BCUT2D eigenvalue weighted by Crippen LogP contribution is -3.00. The molecule has 0 bridgehead atoms. The van der Waals surface area contributed by atoms with Gasteiger partial charge in [0.25, 0.3) is 0 Å². The van der Waals surface area contributed by atoms with E-state index < -0.39 is 0 Å². The van der Waals surface area contributed by atoms with Crippen molar-refractivity contribution >= 4 is 11.9 Å². The molecule has 2 aliphatic rings. The highest BCUT2D eigenvalue weighted by Gasteiger charge is 2.33. The molecule has 0 amide bonds. The number of allylic oxidation sites excluding steroid dienone is 2. The third kappa shape index (κ3) is 13.0. The van der Waals surface area contributed by atoms with Crippen molar-refractivity contribution in [2.24, 2.45) is 0 Å². The average Bonchev–Trinajstić information content (AvgIpc) is 3.05. The second-order valence-electron chi connectivity index (χ2n) is 13.8. The highest BCUT2D eigenvalue weighted by Crippen LogP contribution is 2.24. The molecule has 2 saturated heterocycles. The molecule has 2 aromatic rings. The summed E-state index contributed by atoms with van der Waals surface area (Å²) in [6, 6.07) is 17.9. The van der Waals surface area contributed by atoms with E-state index in [2.05, 4.69) is 74.5 Å². The maximum atomic E-state index is 12.3. The zero-order valence-electron chi connectivity index (χ0n) is 29.8. The van der Waals surface area contributed by atoms with Crippen LogP contribution in [0.4, 0.5) is 0 Å². The zero-order valence-corrected chi connectivity index (χ0v) is 31.3. The van der Waals surface area contributed by atoms with Crippen LogP contribution in [-0.2, 0) is 31.9 Å². The molecule has 48 heavy (non-hydrogen) atoms. The van der Waals surface area contributed by atoms with Gasteiger partial charge in [0.05, 0.1) is 52.5 Å². The van der Waals surface area contributed by atoms with E-state index in [1.54, 1.807) is 0 Å². The molecular weight excluding hydrogens is 643 g/mol. The fraction of sp³-hybridized carbons (Fsp3) is 0.550. The molecule has 0 atom stereocenters. The quantitative estimate of drug-likeness (QED) is 0.161. The molecule has 2 heterocycles. The van der Waals surface area contributed by atoms with Crippen LogP contribution in [0.1, 0.15) is 77.3 Å². The maximum Gasteiger partial charge on any atom is 0.361 e. The number of hydrogen-bond donors (Lipinski definition) is 0. The van der Waals surface area contributed by atoms with Gasteiger partial charge in [0.2, 0.25) is 0 Å². The number of halogens is 2. The summed E-state index contributed by atoms with van der Waals surface area (Å²) in [6.45, 7) is 16.1. The van der Waals surface area contributed by atoms with Gasteiger partial charge in [-0.1, -0.05) is 59.7 Å². The van der Waals surface area contributed by atoms with E-state index in [-0.39, 0.29) is 36.8 Å². The van der Waals surface area contributed by atoms with Gasteiger partial charge in [-0.05, 0) is 113 Å². The van der Waals surface area contributed by atoms with Crippen molar-refractivity contribution in [1.82, 2.24) is 0 Å². The van der Waals surface area contributed by atoms with E-state index in [4.69, 9.17) is 9.47 Å². The lowest BCUT2D eigenvalue weighted by molar-refractivity contribution is -0.920. The molecule has 0 radical (unpaired) electrons. The third-order valence-corrected chi connectivity index (χ3v) is 9.93. The van der Waals surface area contributed by atoms with Gasteiger partial charge >= 0.3 is 11.9 Å². The summed E-state index contributed by atoms with van der Waals surface area (Å²) in [5.41, 5.74) is 7.77. The molecular formula is C40H58Cl2N2O4. The van der Waals surface area contributed by atoms with Gasteiger partial charge in [0.1, 0.15) is 0 Å². The molecule has 0 aromatic heterocycles. The third-order valence-electron chi connectivity index (χ3n) is 9.93. The predicted octanol–water partition coefficient (Wildman–Crippen LogP) is 1.47. The Hall–Kier alpha value is -2.64. The van der Waals surface area contributed by atoms with Crippen LogP contribution >= 0.6 is 0 Å². The number of hydrogen-bond acceptors (Lipinski definition) is 4. The molecule has 2 fully saturated rings. The molecule has 8 heteroatoms. The minimum absolute atomic E-state index is 0. The van der Waals surface area contributed by atoms with Crippen molar-refractivity contribution in [3.05, 3.63) is 83.0 Å². The molecule has 2 aliphatic heterocycles. The standard InChI is InChI=1S/C40H58N2O4.2ClH/c1-5-45-39(43)31-41(23-9-7-10-24-41)27-21-33(3)29-35-13-17-37(18-14-35)38-19-15-36(16-20-38)30-34(4)22-28-42(25-11-8-12-26-42)32-40(44)46-6-2;;/h13-22H,5-12,23-32H2,1-4H3;2*1H/q+2;;/p-2/b33-21-,34-22-;;. The highest BCUT2D eigenvalue weighted by molar-refractivity contribution is 5.71. The summed E-state index contributed by atoms with van der Waals surface area (Å²) in [4.78, 5) is 24.7. The molecule has 6 nitrogen and oxygen atoms in total. The van der Waals surface area contributed by atoms with Crippen molar-refractivity contribution in [3.8, 4) is 11.1 Å². The average molecular weight is 702 g/mol. The number of benzene rings is 2. The molecule has 4 rings (SSSR count). The van der Waals surface area contributed by atoms with Crippen LogP contribution < -0.4 is 24.8 Å². The summed E-state index contributed by atoms with van der Waals surface area (Å²) in [7, 11) is 0. The Labute approximate surface area is 302 Å². The Morgan fingerprint density at radius 2 is 0.917 bits per heavy atom. The van der Waals surface area contributed by atoms with E-state index >= 15 is 0 Å². The van der Waals surface area contributed by atoms with E-state index in [1.165, 1.54) is 71.9 Å². The largest absolute Gasteiger partial charge is 1.00 e. The smallest absolute Gasteiger partial charge is 0.361 e. The number of ether oxygens (including phenoxy) is 2. The summed E-state index contributed by atoms with van der Waals surface area (Å²) in [5.74, 6) is -0.138. The van der Waals surface area contributed by atoms with Crippen LogP contribution in [0.15, 0.2) is 71.8 Å². The van der Waals surface area contributed by atoms with E-state index in [0.29, 0.717) is 26.3 Å². The van der Waals surface area contributed by atoms with Crippen LogP contribution in [0.25, 0.3) is 11.1 Å². The van der Waals surface area contributed by atoms with E-state index in [1.807, 2.05) is 13.8 Å². The monoisotopic (exact) mass is 700 g/mol. The number of quaternary nitrogens is 2. The number of rotatable bonds is 15. The SMILES string of the molecule is CCOC(=O)C[N+]1(C/C=C(/C)Cc2ccc(-c3ccc(C/C(C)=C\C[N+]4(CC(=O)OCC)CCCCC4)cc3)cc2)CCCCC1.[Cl-].[Cl-]. The first-order valence-corrected chi connectivity index (χ1v) is 17.7. The minimum Gasteiger partial charge on any atom is -1.00 e. The molecule has 0 N–H and O–H groups in total. The molecule has 266 valence electrons. The summed E-state index contributed by atoms with van der Waals surface area (Å²) in [5, 5.41) is 0. The topological polar surface area (TPSA) is 52.6 Å². The maximum absolute atomic E-state index is 12.3. The van der Waals surface area contributed by atoms with Crippen molar-refractivity contribution in [3.63, 3.8) is 0 Å². The second kappa shape index (κ2) is 20.8. The first kappa shape index (κ1) is 41.5. The van der Waals surface area contributed by atoms with Crippen molar-refractivity contribution in [1.29, 1.82) is 0 Å². The fourth-order valence-electron chi connectivity index (χ4n) is 7.25. The zero-order chi connectivity index (χ0) is 32.8. The van der Waals surface area contributed by atoms with Crippen molar-refractivity contribution in [2.45, 2.75) is 79.1 Å². The number of esters is 2. The van der Waals surface area contributed by atoms with Crippen LogP contribution in [0.5, 0.6) is 0 Å². The van der Waals surface area contributed by atoms with Gasteiger partial charge in [-0.25, -0.2) is 9.59 Å². The van der Waals surface area contributed by atoms with Crippen LogP contribution in [0.3, 0.4) is 0 Å².